The number of hydrogen-bond acceptors (Lipinski definition) is 0. The summed E-state index contributed by atoms with van der Waals surface area (Å²) in [6, 6.07) is 0. The van der Waals surface area contributed by atoms with Gasteiger partial charge in [-0.3, -0.25) is 0 Å². The van der Waals surface area contributed by atoms with E-state index in [1.165, 1.54) is 12.8 Å². The van der Waals surface area contributed by atoms with E-state index in [4.69, 9.17) is 6.42 Å². The van der Waals surface area contributed by atoms with Crippen LogP contribution in [0.15, 0.2) is 0 Å². The molecule has 0 aliphatic heterocycles. The van der Waals surface area contributed by atoms with Crippen LogP contribution in [0.4, 0.5) is 0 Å². The molecule has 0 amide bonds. The molecule has 0 bridgehead atoms. The minimum atomic E-state index is 0.486. The van der Waals surface area contributed by atoms with Gasteiger partial charge in [-0.05, 0) is 18.3 Å². The highest BCUT2D eigenvalue weighted by Gasteiger charge is 2.13. The van der Waals surface area contributed by atoms with Gasteiger partial charge in [0.1, 0.15) is 0 Å². The Labute approximate surface area is 71.4 Å². The molecule has 2 atom stereocenters. The fourth-order valence-corrected chi connectivity index (χ4v) is 1.26. The fourth-order valence-electron chi connectivity index (χ4n) is 1.26. The van der Waals surface area contributed by atoms with Crippen molar-refractivity contribution < 1.29 is 0 Å². The Balaban J connectivity index is 3.87. The molecule has 0 nitrogen and oxygen atoms in total. The van der Waals surface area contributed by atoms with Crippen LogP contribution in [-0.4, -0.2) is 0 Å². The molecule has 0 spiro atoms. The summed E-state index contributed by atoms with van der Waals surface area (Å²) in [7, 11) is 0. The van der Waals surface area contributed by atoms with Gasteiger partial charge in [0.25, 0.3) is 0 Å². The second-order valence-electron chi connectivity index (χ2n) is 3.79. The Hall–Kier alpha value is -0.440. The second kappa shape index (κ2) is 5.24. The van der Waals surface area contributed by atoms with Crippen molar-refractivity contribution in [2.45, 2.75) is 40.5 Å². The SMILES string of the molecule is C#CC(CC(C)C)C(C)CC. The van der Waals surface area contributed by atoms with Crippen LogP contribution in [0.1, 0.15) is 40.5 Å². The molecule has 0 heterocycles. The lowest BCUT2D eigenvalue weighted by atomic mass is 9.86. The van der Waals surface area contributed by atoms with Crippen LogP contribution >= 0.6 is 0 Å². The molecule has 0 N–H and O–H groups in total. The van der Waals surface area contributed by atoms with Gasteiger partial charge in [0.2, 0.25) is 0 Å². The van der Waals surface area contributed by atoms with Crippen LogP contribution in [0.25, 0.3) is 0 Å². The van der Waals surface area contributed by atoms with Gasteiger partial charge < -0.3 is 0 Å². The van der Waals surface area contributed by atoms with Crippen LogP contribution in [-0.2, 0) is 0 Å². The predicted octanol–water partition coefficient (Wildman–Crippen LogP) is 3.33. The Morgan fingerprint density at radius 2 is 1.82 bits per heavy atom. The normalized spacial score (nSPS) is 16.0. The first kappa shape index (κ1) is 10.6. The van der Waals surface area contributed by atoms with E-state index in [1.54, 1.807) is 0 Å². The summed E-state index contributed by atoms with van der Waals surface area (Å²) in [5.41, 5.74) is 0. The van der Waals surface area contributed by atoms with Gasteiger partial charge in [-0.25, -0.2) is 0 Å². The molecule has 0 aliphatic rings. The molecule has 0 fully saturated rings. The van der Waals surface area contributed by atoms with E-state index in [1.807, 2.05) is 0 Å². The van der Waals surface area contributed by atoms with Crippen molar-refractivity contribution in [3.63, 3.8) is 0 Å². The molecule has 0 rings (SSSR count). The van der Waals surface area contributed by atoms with Crippen LogP contribution in [0.5, 0.6) is 0 Å². The standard InChI is InChI=1S/C11H20/c1-6-10(5)11(7-2)8-9(3)4/h2,9-11H,6,8H2,1,3-5H3. The largest absolute Gasteiger partial charge is 0.120 e. The molecule has 0 aromatic rings. The zero-order valence-electron chi connectivity index (χ0n) is 8.22. The third-order valence-corrected chi connectivity index (χ3v) is 2.27. The van der Waals surface area contributed by atoms with Gasteiger partial charge in [0, 0.05) is 5.92 Å². The maximum absolute atomic E-state index is 5.45. The third-order valence-electron chi connectivity index (χ3n) is 2.27. The van der Waals surface area contributed by atoms with E-state index in [0.29, 0.717) is 11.8 Å². The van der Waals surface area contributed by atoms with E-state index in [0.717, 1.165) is 5.92 Å². The minimum absolute atomic E-state index is 0.486. The molecule has 11 heavy (non-hydrogen) atoms. The molecule has 2 unspecified atom stereocenters. The van der Waals surface area contributed by atoms with Crippen molar-refractivity contribution in [2.24, 2.45) is 17.8 Å². The lowest BCUT2D eigenvalue weighted by Crippen LogP contribution is -2.11. The second-order valence-corrected chi connectivity index (χ2v) is 3.79. The van der Waals surface area contributed by atoms with E-state index in [-0.39, 0.29) is 0 Å². The molecule has 0 aromatic carbocycles. The number of hydrogen-bond donors (Lipinski definition) is 0. The van der Waals surface area contributed by atoms with Gasteiger partial charge in [0.05, 0.1) is 0 Å². The molecule has 64 valence electrons. The van der Waals surface area contributed by atoms with Gasteiger partial charge in [0.15, 0.2) is 0 Å². The van der Waals surface area contributed by atoms with Gasteiger partial charge in [-0.1, -0.05) is 34.1 Å². The van der Waals surface area contributed by atoms with Crippen LogP contribution in [0.3, 0.4) is 0 Å². The Bertz CT molecular complexity index is 127. The molecule has 0 aliphatic carbocycles. The molecular formula is C11H20. The zero-order valence-corrected chi connectivity index (χ0v) is 8.22. The van der Waals surface area contributed by atoms with Crippen molar-refractivity contribution in [3.05, 3.63) is 0 Å². The predicted molar refractivity (Wildman–Crippen MR) is 51.2 cm³/mol. The molecule has 0 saturated heterocycles. The van der Waals surface area contributed by atoms with Crippen molar-refractivity contribution in [2.75, 3.05) is 0 Å². The summed E-state index contributed by atoms with van der Waals surface area (Å²) in [4.78, 5) is 0. The summed E-state index contributed by atoms with van der Waals surface area (Å²) < 4.78 is 0. The van der Waals surface area contributed by atoms with Crippen molar-refractivity contribution >= 4 is 0 Å². The van der Waals surface area contributed by atoms with E-state index in [2.05, 4.69) is 33.6 Å². The fraction of sp³-hybridized carbons (Fsp3) is 0.818. The van der Waals surface area contributed by atoms with Crippen LogP contribution in [0.2, 0.25) is 0 Å². The highest BCUT2D eigenvalue weighted by atomic mass is 14.2. The first-order chi connectivity index (χ1) is 5.11. The van der Waals surface area contributed by atoms with Gasteiger partial charge in [-0.15, -0.1) is 12.3 Å². The van der Waals surface area contributed by atoms with Gasteiger partial charge in [-0.2, -0.15) is 0 Å². The number of terminal acetylenes is 1. The first-order valence-electron chi connectivity index (χ1n) is 4.57. The Kier molecular flexibility index (Phi) is 5.03. The molecule has 0 saturated carbocycles. The quantitative estimate of drug-likeness (QED) is 0.542. The maximum atomic E-state index is 5.45. The summed E-state index contributed by atoms with van der Waals surface area (Å²) in [5, 5.41) is 0. The van der Waals surface area contributed by atoms with Gasteiger partial charge >= 0.3 is 0 Å². The summed E-state index contributed by atoms with van der Waals surface area (Å²) >= 11 is 0. The Morgan fingerprint density at radius 1 is 1.27 bits per heavy atom. The average molecular weight is 152 g/mol. The third kappa shape index (κ3) is 4.09. The summed E-state index contributed by atoms with van der Waals surface area (Å²) in [6.07, 6.45) is 7.82. The van der Waals surface area contributed by atoms with E-state index in [9.17, 15) is 0 Å². The van der Waals surface area contributed by atoms with Crippen molar-refractivity contribution in [3.8, 4) is 12.3 Å². The minimum Gasteiger partial charge on any atom is -0.120 e. The molecular weight excluding hydrogens is 132 g/mol. The highest BCUT2D eigenvalue weighted by Crippen LogP contribution is 2.21. The van der Waals surface area contributed by atoms with Crippen LogP contribution in [0, 0.1) is 30.1 Å². The smallest absolute Gasteiger partial charge is 0.0228 e. The molecule has 0 aromatic heterocycles. The van der Waals surface area contributed by atoms with Crippen molar-refractivity contribution in [1.82, 2.24) is 0 Å². The number of rotatable bonds is 4. The van der Waals surface area contributed by atoms with Crippen LogP contribution < -0.4 is 0 Å². The monoisotopic (exact) mass is 152 g/mol. The van der Waals surface area contributed by atoms with E-state index >= 15 is 0 Å². The lowest BCUT2D eigenvalue weighted by molar-refractivity contribution is 0.361. The van der Waals surface area contributed by atoms with E-state index < -0.39 is 0 Å². The topological polar surface area (TPSA) is 0 Å². The average Bonchev–Trinajstić information content (AvgIpc) is 1.98. The highest BCUT2D eigenvalue weighted by molar-refractivity contribution is 4.95. The lowest BCUT2D eigenvalue weighted by Gasteiger charge is -2.18. The maximum Gasteiger partial charge on any atom is 0.0228 e. The molecule has 0 radical (unpaired) electrons. The zero-order chi connectivity index (χ0) is 8.85. The summed E-state index contributed by atoms with van der Waals surface area (Å²) in [6.45, 7) is 8.90. The molecule has 0 heteroatoms. The Morgan fingerprint density at radius 3 is 2.09 bits per heavy atom. The summed E-state index contributed by atoms with van der Waals surface area (Å²) in [5.74, 6) is 4.78. The van der Waals surface area contributed by atoms with Crippen molar-refractivity contribution in [1.29, 1.82) is 0 Å². The first-order valence-corrected chi connectivity index (χ1v) is 4.57.